The molecule has 1 unspecified atom stereocenters. The number of methoxy groups -OCH3 is 1. The van der Waals surface area contributed by atoms with Gasteiger partial charge in [-0.3, -0.25) is 0 Å². The predicted molar refractivity (Wildman–Crippen MR) is 92.8 cm³/mol. The number of para-hydroxylation sites is 1. The van der Waals surface area contributed by atoms with Crippen molar-refractivity contribution in [1.29, 1.82) is 0 Å². The second kappa shape index (κ2) is 7.90. The van der Waals surface area contributed by atoms with E-state index < -0.39 is 6.09 Å². The summed E-state index contributed by atoms with van der Waals surface area (Å²) in [7, 11) is 1.64. The van der Waals surface area contributed by atoms with Gasteiger partial charge in [-0.2, -0.15) is 0 Å². The normalized spacial score (nSPS) is 15.8. The van der Waals surface area contributed by atoms with Gasteiger partial charge in [0.1, 0.15) is 24.2 Å². The molecule has 0 saturated carbocycles. The van der Waals surface area contributed by atoms with Gasteiger partial charge in [0.15, 0.2) is 0 Å². The van der Waals surface area contributed by atoms with Gasteiger partial charge in [0, 0.05) is 24.7 Å². The van der Waals surface area contributed by atoms with Crippen molar-refractivity contribution in [2.75, 3.05) is 26.9 Å². The number of ether oxygens (including phenoxy) is 4. The van der Waals surface area contributed by atoms with Crippen LogP contribution in [0.3, 0.4) is 0 Å². The molecule has 25 heavy (non-hydrogen) atoms. The first kappa shape index (κ1) is 17.1. The highest BCUT2D eigenvalue weighted by atomic mass is 16.6. The minimum atomic E-state index is -0.779. The monoisotopic (exact) mass is 343 g/mol. The second-order valence-corrected chi connectivity index (χ2v) is 5.65. The van der Waals surface area contributed by atoms with Crippen LogP contribution in [-0.4, -0.2) is 33.0 Å². The molecule has 0 spiro atoms. The minimum Gasteiger partial charge on any atom is -0.493 e. The zero-order valence-corrected chi connectivity index (χ0v) is 14.1. The van der Waals surface area contributed by atoms with E-state index in [4.69, 9.17) is 24.7 Å². The van der Waals surface area contributed by atoms with Crippen LogP contribution in [-0.2, 0) is 9.47 Å². The Kier molecular flexibility index (Phi) is 5.40. The molecule has 0 fully saturated rings. The summed E-state index contributed by atoms with van der Waals surface area (Å²) in [5.74, 6) is 1.47. The summed E-state index contributed by atoms with van der Waals surface area (Å²) in [5, 5.41) is 0. The van der Waals surface area contributed by atoms with Crippen LogP contribution in [0.5, 0.6) is 11.5 Å². The van der Waals surface area contributed by atoms with Gasteiger partial charge in [-0.25, -0.2) is 4.79 Å². The van der Waals surface area contributed by atoms with E-state index in [1.807, 2.05) is 42.5 Å². The molecule has 0 aliphatic carbocycles. The van der Waals surface area contributed by atoms with Gasteiger partial charge in [0.2, 0.25) is 0 Å². The molecule has 1 aliphatic heterocycles. The molecule has 6 nitrogen and oxygen atoms in total. The molecule has 0 bridgehead atoms. The van der Waals surface area contributed by atoms with Gasteiger partial charge in [-0.1, -0.05) is 30.3 Å². The highest BCUT2D eigenvalue weighted by molar-refractivity contribution is 5.72. The van der Waals surface area contributed by atoms with E-state index in [-0.39, 0.29) is 6.10 Å². The average molecular weight is 343 g/mol. The molecule has 2 aromatic carbocycles. The van der Waals surface area contributed by atoms with Gasteiger partial charge in [-0.05, 0) is 17.7 Å². The summed E-state index contributed by atoms with van der Waals surface area (Å²) in [5.41, 5.74) is 7.90. The van der Waals surface area contributed by atoms with Crippen LogP contribution in [0.15, 0.2) is 42.5 Å². The van der Waals surface area contributed by atoms with Crippen LogP contribution >= 0.6 is 0 Å². The predicted octanol–water partition coefficient (Wildman–Crippen LogP) is 3.30. The number of amides is 1. The van der Waals surface area contributed by atoms with Crippen LogP contribution < -0.4 is 15.2 Å². The number of benzene rings is 2. The van der Waals surface area contributed by atoms with Crippen LogP contribution in [0.25, 0.3) is 11.1 Å². The summed E-state index contributed by atoms with van der Waals surface area (Å²) in [4.78, 5) is 11.1. The third kappa shape index (κ3) is 4.03. The first-order valence-electron chi connectivity index (χ1n) is 8.13. The van der Waals surface area contributed by atoms with E-state index in [0.717, 1.165) is 22.4 Å². The Labute approximate surface area is 146 Å². The van der Waals surface area contributed by atoms with E-state index in [1.54, 1.807) is 7.11 Å². The van der Waals surface area contributed by atoms with E-state index in [2.05, 4.69) is 0 Å². The van der Waals surface area contributed by atoms with Gasteiger partial charge in [0.25, 0.3) is 0 Å². The number of rotatable bonds is 6. The Morgan fingerprint density at radius 1 is 1.24 bits per heavy atom. The highest BCUT2D eigenvalue weighted by Crippen LogP contribution is 2.39. The van der Waals surface area contributed by atoms with Crippen molar-refractivity contribution in [1.82, 2.24) is 0 Å². The minimum absolute atomic E-state index is 0.372. The van der Waals surface area contributed by atoms with Crippen molar-refractivity contribution < 1.29 is 23.7 Å². The van der Waals surface area contributed by atoms with Gasteiger partial charge in [0.05, 0.1) is 13.2 Å². The standard InChI is InChI=1S/C19H21NO5/c1-22-10-11-24-16-5-3-2-4-14(16)13-6-7-15-17(25-19(20)21)8-9-23-18(15)12-13/h2-7,12,17H,8-11H2,1H3,(H2,20,21). The van der Waals surface area contributed by atoms with E-state index in [1.165, 1.54) is 0 Å². The third-order valence-corrected chi connectivity index (χ3v) is 4.00. The third-order valence-electron chi connectivity index (χ3n) is 4.00. The molecule has 2 N–H and O–H groups in total. The van der Waals surface area contributed by atoms with Gasteiger partial charge in [-0.15, -0.1) is 0 Å². The number of hydrogen-bond acceptors (Lipinski definition) is 5. The first-order valence-corrected chi connectivity index (χ1v) is 8.13. The molecule has 0 saturated heterocycles. The molecule has 2 aromatic rings. The Morgan fingerprint density at radius 3 is 2.88 bits per heavy atom. The molecule has 3 rings (SSSR count). The lowest BCUT2D eigenvalue weighted by Crippen LogP contribution is -2.22. The quantitative estimate of drug-likeness (QED) is 0.814. The van der Waals surface area contributed by atoms with Crippen molar-refractivity contribution >= 4 is 6.09 Å². The lowest BCUT2D eigenvalue weighted by molar-refractivity contribution is 0.0766. The number of nitrogens with two attached hydrogens (primary N) is 1. The average Bonchev–Trinajstić information content (AvgIpc) is 2.62. The van der Waals surface area contributed by atoms with Crippen LogP contribution in [0, 0.1) is 0 Å². The molecule has 6 heteroatoms. The Balaban J connectivity index is 1.88. The second-order valence-electron chi connectivity index (χ2n) is 5.65. The molecule has 1 amide bonds. The first-order chi connectivity index (χ1) is 12.2. The van der Waals surface area contributed by atoms with Crippen LogP contribution in [0.1, 0.15) is 18.1 Å². The fraction of sp³-hybridized carbons (Fsp3) is 0.316. The smallest absolute Gasteiger partial charge is 0.405 e. The number of carbonyl (C=O) groups excluding carboxylic acids is 1. The molecular weight excluding hydrogens is 322 g/mol. The van der Waals surface area contributed by atoms with Crippen LogP contribution in [0.2, 0.25) is 0 Å². The van der Waals surface area contributed by atoms with Crippen molar-refractivity contribution in [3.05, 3.63) is 48.0 Å². The maximum absolute atomic E-state index is 11.1. The van der Waals surface area contributed by atoms with E-state index in [0.29, 0.717) is 32.0 Å². The largest absolute Gasteiger partial charge is 0.493 e. The summed E-state index contributed by atoms with van der Waals surface area (Å²) in [6.45, 7) is 1.47. The molecule has 1 aliphatic rings. The van der Waals surface area contributed by atoms with Crippen LogP contribution in [0.4, 0.5) is 4.79 Å². The summed E-state index contributed by atoms with van der Waals surface area (Å²) < 4.78 is 21.7. The zero-order valence-electron chi connectivity index (χ0n) is 14.1. The van der Waals surface area contributed by atoms with E-state index >= 15 is 0 Å². The fourth-order valence-corrected chi connectivity index (χ4v) is 2.85. The zero-order chi connectivity index (χ0) is 17.6. The lowest BCUT2D eigenvalue weighted by Gasteiger charge is -2.25. The molecule has 1 atom stereocenters. The van der Waals surface area contributed by atoms with Crippen molar-refractivity contribution in [2.24, 2.45) is 5.73 Å². The van der Waals surface area contributed by atoms with Gasteiger partial charge < -0.3 is 24.7 Å². The van der Waals surface area contributed by atoms with Crippen molar-refractivity contribution in [2.45, 2.75) is 12.5 Å². The van der Waals surface area contributed by atoms with Crippen molar-refractivity contribution in [3.63, 3.8) is 0 Å². The molecule has 0 radical (unpaired) electrons. The number of hydrogen-bond donors (Lipinski definition) is 1. The highest BCUT2D eigenvalue weighted by Gasteiger charge is 2.24. The lowest BCUT2D eigenvalue weighted by atomic mass is 9.97. The Morgan fingerprint density at radius 2 is 2.08 bits per heavy atom. The Bertz CT molecular complexity index is 746. The Hall–Kier alpha value is -2.73. The SMILES string of the molecule is COCCOc1ccccc1-c1ccc2c(c1)OCCC2OC(N)=O. The van der Waals surface area contributed by atoms with Crippen molar-refractivity contribution in [3.8, 4) is 22.6 Å². The molecule has 1 heterocycles. The maximum Gasteiger partial charge on any atom is 0.405 e. The summed E-state index contributed by atoms with van der Waals surface area (Å²) >= 11 is 0. The maximum atomic E-state index is 11.1. The summed E-state index contributed by atoms with van der Waals surface area (Å²) in [6, 6.07) is 13.6. The summed E-state index contributed by atoms with van der Waals surface area (Å²) in [6.07, 6.45) is -0.561. The number of carbonyl (C=O) groups is 1. The number of primary amides is 1. The molecule has 0 aromatic heterocycles. The van der Waals surface area contributed by atoms with Gasteiger partial charge >= 0.3 is 6.09 Å². The number of fused-ring (bicyclic) bond motifs is 1. The molecular formula is C19H21NO5. The topological polar surface area (TPSA) is 80.0 Å². The molecule has 132 valence electrons. The van der Waals surface area contributed by atoms with E-state index in [9.17, 15) is 4.79 Å². The fourth-order valence-electron chi connectivity index (χ4n) is 2.85.